The molecule has 1 aliphatic heterocycles. The van der Waals surface area contributed by atoms with Gasteiger partial charge in [0.1, 0.15) is 0 Å². The van der Waals surface area contributed by atoms with Crippen LogP contribution in [0.2, 0.25) is 0 Å². The van der Waals surface area contributed by atoms with E-state index in [1.807, 2.05) is 11.7 Å². The van der Waals surface area contributed by atoms with E-state index >= 15 is 0 Å². The zero-order valence-electron chi connectivity index (χ0n) is 17.8. The molecule has 5 rings (SSSR count). The van der Waals surface area contributed by atoms with Gasteiger partial charge >= 0.3 is 0 Å². The standard InChI is InChI=1S/C23H27N5S.ClH/c1-14-9-19(10-15(2)24-14)28(4)23-25-21-8-6-17(12-22(21)29-23)16-5-7-20-18(11-16)13-27(3)26-20;/h5-8,11-15,19,24H,9-10H2,1-4H3;1H. The van der Waals surface area contributed by atoms with Crippen molar-refractivity contribution in [3.63, 3.8) is 0 Å². The first kappa shape index (κ1) is 21.1. The predicted molar refractivity (Wildman–Crippen MR) is 130 cm³/mol. The lowest BCUT2D eigenvalue weighted by molar-refractivity contribution is 0.311. The predicted octanol–water partition coefficient (Wildman–Crippen LogP) is 5.24. The summed E-state index contributed by atoms with van der Waals surface area (Å²) < 4.78 is 3.11. The maximum atomic E-state index is 4.94. The van der Waals surface area contributed by atoms with Gasteiger partial charge < -0.3 is 10.2 Å². The summed E-state index contributed by atoms with van der Waals surface area (Å²) in [5.74, 6) is 0. The van der Waals surface area contributed by atoms with Crippen LogP contribution in [0.15, 0.2) is 42.6 Å². The van der Waals surface area contributed by atoms with Crippen molar-refractivity contribution in [2.24, 2.45) is 7.05 Å². The van der Waals surface area contributed by atoms with Gasteiger partial charge in [0.25, 0.3) is 0 Å². The number of nitrogens with zero attached hydrogens (tertiary/aromatic N) is 4. The topological polar surface area (TPSA) is 46.0 Å². The van der Waals surface area contributed by atoms with Gasteiger partial charge in [-0.15, -0.1) is 12.4 Å². The Morgan fingerprint density at radius 1 is 1.03 bits per heavy atom. The first-order valence-corrected chi connectivity index (χ1v) is 11.1. The van der Waals surface area contributed by atoms with Crippen LogP contribution >= 0.6 is 23.7 Å². The van der Waals surface area contributed by atoms with Gasteiger partial charge in [-0.25, -0.2) is 4.98 Å². The van der Waals surface area contributed by atoms with Crippen molar-refractivity contribution in [2.75, 3.05) is 11.9 Å². The van der Waals surface area contributed by atoms with Crippen molar-refractivity contribution in [2.45, 2.75) is 44.8 Å². The highest BCUT2D eigenvalue weighted by atomic mass is 35.5. The molecule has 7 heteroatoms. The van der Waals surface area contributed by atoms with E-state index in [2.05, 4.69) is 78.8 Å². The number of halogens is 1. The molecule has 158 valence electrons. The van der Waals surface area contributed by atoms with E-state index in [4.69, 9.17) is 4.98 Å². The maximum absolute atomic E-state index is 4.94. The quantitative estimate of drug-likeness (QED) is 0.472. The average Bonchev–Trinajstić information content (AvgIpc) is 3.27. The summed E-state index contributed by atoms with van der Waals surface area (Å²) in [7, 11) is 4.16. The highest BCUT2D eigenvalue weighted by molar-refractivity contribution is 7.22. The van der Waals surface area contributed by atoms with Crippen LogP contribution in [0.4, 0.5) is 5.13 Å². The number of aryl methyl sites for hydroxylation is 1. The van der Waals surface area contributed by atoms with Crippen LogP contribution in [0.25, 0.3) is 32.2 Å². The minimum Gasteiger partial charge on any atom is -0.348 e. The summed E-state index contributed by atoms with van der Waals surface area (Å²) in [5, 5.41) is 10.4. The van der Waals surface area contributed by atoms with E-state index in [-0.39, 0.29) is 12.4 Å². The van der Waals surface area contributed by atoms with Crippen molar-refractivity contribution in [3.8, 4) is 11.1 Å². The number of piperidine rings is 1. The molecule has 0 spiro atoms. The molecule has 2 unspecified atom stereocenters. The number of nitrogens with one attached hydrogen (secondary N) is 1. The summed E-state index contributed by atoms with van der Waals surface area (Å²) in [5.41, 5.74) is 4.56. The number of hydrogen-bond donors (Lipinski definition) is 1. The molecule has 4 aromatic rings. The monoisotopic (exact) mass is 441 g/mol. The highest BCUT2D eigenvalue weighted by Crippen LogP contribution is 2.34. The number of anilines is 1. The zero-order chi connectivity index (χ0) is 20.1. The molecule has 0 radical (unpaired) electrons. The van der Waals surface area contributed by atoms with E-state index in [9.17, 15) is 0 Å². The van der Waals surface area contributed by atoms with Crippen LogP contribution in [-0.2, 0) is 7.05 Å². The van der Waals surface area contributed by atoms with Crippen molar-refractivity contribution >= 4 is 50.0 Å². The number of hydrogen-bond acceptors (Lipinski definition) is 5. The Morgan fingerprint density at radius 2 is 1.70 bits per heavy atom. The molecular weight excluding hydrogens is 414 g/mol. The number of fused-ring (bicyclic) bond motifs is 2. The lowest BCUT2D eigenvalue weighted by Crippen LogP contribution is -2.49. The maximum Gasteiger partial charge on any atom is 0.186 e. The molecule has 1 saturated heterocycles. The van der Waals surface area contributed by atoms with E-state index in [1.165, 1.54) is 21.2 Å². The van der Waals surface area contributed by atoms with Crippen LogP contribution in [0.5, 0.6) is 0 Å². The van der Waals surface area contributed by atoms with Gasteiger partial charge in [0.15, 0.2) is 5.13 Å². The second-order valence-electron chi connectivity index (χ2n) is 8.46. The molecule has 0 bridgehead atoms. The molecule has 30 heavy (non-hydrogen) atoms. The van der Waals surface area contributed by atoms with Gasteiger partial charge in [0.05, 0.1) is 15.7 Å². The molecule has 1 fully saturated rings. The van der Waals surface area contributed by atoms with Crippen LogP contribution in [0.3, 0.4) is 0 Å². The van der Waals surface area contributed by atoms with E-state index < -0.39 is 0 Å². The first-order chi connectivity index (χ1) is 14.0. The number of benzene rings is 2. The van der Waals surface area contributed by atoms with Crippen LogP contribution in [-0.4, -0.2) is 39.9 Å². The van der Waals surface area contributed by atoms with Gasteiger partial charge in [0, 0.05) is 43.8 Å². The second kappa shape index (κ2) is 8.17. The molecule has 2 aromatic heterocycles. The Morgan fingerprint density at radius 3 is 2.43 bits per heavy atom. The SMILES string of the molecule is CC1CC(N(C)c2nc3ccc(-c4ccc5nn(C)cc5c4)cc3s2)CC(C)N1.Cl. The van der Waals surface area contributed by atoms with Crippen molar-refractivity contribution in [1.29, 1.82) is 0 Å². The van der Waals surface area contributed by atoms with Crippen LogP contribution in [0, 0.1) is 0 Å². The number of aromatic nitrogens is 3. The molecule has 1 N–H and O–H groups in total. The Kier molecular flexibility index (Phi) is 5.75. The molecule has 3 heterocycles. The fourth-order valence-corrected chi connectivity index (χ4v) is 5.62. The van der Waals surface area contributed by atoms with Gasteiger partial charge in [-0.05, 0) is 62.1 Å². The molecule has 0 amide bonds. The Hall–Kier alpha value is -2.15. The molecular formula is C23H28ClN5S. The first-order valence-electron chi connectivity index (χ1n) is 10.3. The lowest BCUT2D eigenvalue weighted by atomic mass is 9.95. The normalized spacial score (nSPS) is 21.7. The third-order valence-electron chi connectivity index (χ3n) is 6.00. The van der Waals surface area contributed by atoms with Gasteiger partial charge in [-0.3, -0.25) is 4.68 Å². The van der Waals surface area contributed by atoms with Crippen LogP contribution < -0.4 is 10.2 Å². The zero-order valence-corrected chi connectivity index (χ0v) is 19.4. The molecule has 0 saturated carbocycles. The summed E-state index contributed by atoms with van der Waals surface area (Å²) >= 11 is 1.80. The molecule has 2 atom stereocenters. The van der Waals surface area contributed by atoms with Gasteiger partial charge in [-0.2, -0.15) is 5.10 Å². The highest BCUT2D eigenvalue weighted by Gasteiger charge is 2.27. The smallest absolute Gasteiger partial charge is 0.186 e. The van der Waals surface area contributed by atoms with Crippen molar-refractivity contribution in [3.05, 3.63) is 42.6 Å². The third-order valence-corrected chi connectivity index (χ3v) is 7.11. The fourth-order valence-electron chi connectivity index (χ4n) is 4.58. The minimum atomic E-state index is 0. The van der Waals surface area contributed by atoms with E-state index in [0.717, 1.165) is 29.0 Å². The van der Waals surface area contributed by atoms with E-state index in [0.29, 0.717) is 18.1 Å². The second-order valence-corrected chi connectivity index (χ2v) is 9.47. The van der Waals surface area contributed by atoms with E-state index in [1.54, 1.807) is 11.3 Å². The fraction of sp³-hybridized carbons (Fsp3) is 0.391. The number of rotatable bonds is 3. The molecule has 5 nitrogen and oxygen atoms in total. The third kappa shape index (κ3) is 3.92. The number of thiazole rings is 1. The van der Waals surface area contributed by atoms with Crippen molar-refractivity contribution in [1.82, 2.24) is 20.1 Å². The van der Waals surface area contributed by atoms with Crippen molar-refractivity contribution < 1.29 is 0 Å². The Balaban J connectivity index is 0.00000218. The summed E-state index contributed by atoms with van der Waals surface area (Å²) in [6, 6.07) is 14.7. The van der Waals surface area contributed by atoms with Gasteiger partial charge in [0.2, 0.25) is 0 Å². The van der Waals surface area contributed by atoms with Gasteiger partial charge in [-0.1, -0.05) is 23.5 Å². The molecule has 1 aliphatic rings. The Labute approximate surface area is 187 Å². The summed E-state index contributed by atoms with van der Waals surface area (Å²) in [6.45, 7) is 4.56. The lowest BCUT2D eigenvalue weighted by Gasteiger charge is -2.38. The molecule has 2 aromatic carbocycles. The minimum absolute atomic E-state index is 0. The average molecular weight is 442 g/mol. The largest absolute Gasteiger partial charge is 0.348 e. The molecule has 0 aliphatic carbocycles. The summed E-state index contributed by atoms with van der Waals surface area (Å²) in [6.07, 6.45) is 4.39. The van der Waals surface area contributed by atoms with Crippen LogP contribution in [0.1, 0.15) is 26.7 Å². The summed E-state index contributed by atoms with van der Waals surface area (Å²) in [4.78, 5) is 7.33. The Bertz CT molecular complexity index is 1170.